The van der Waals surface area contributed by atoms with Crippen molar-refractivity contribution in [3.05, 3.63) is 54.1 Å². The van der Waals surface area contributed by atoms with Gasteiger partial charge >= 0.3 is 5.97 Å². The second kappa shape index (κ2) is 8.50. The molecule has 0 saturated heterocycles. The molecule has 0 aliphatic carbocycles. The number of amides is 1. The van der Waals surface area contributed by atoms with Gasteiger partial charge in [0, 0.05) is 12.8 Å². The summed E-state index contributed by atoms with van der Waals surface area (Å²) in [6.07, 6.45) is -0.702. The Labute approximate surface area is 145 Å². The van der Waals surface area contributed by atoms with Crippen molar-refractivity contribution in [1.82, 2.24) is 0 Å². The molecule has 128 valence electrons. The molecule has 6 heteroatoms. The third kappa shape index (κ3) is 5.08. The topological polar surface area (TPSA) is 102 Å². The number of nitriles is 1. The molecule has 2 aromatic carbocycles. The van der Waals surface area contributed by atoms with Crippen molar-refractivity contribution in [3.63, 3.8) is 0 Å². The molecular formula is C19H18N2O4. The molecule has 25 heavy (non-hydrogen) atoms. The Morgan fingerprint density at radius 3 is 2.12 bits per heavy atom. The molecule has 2 aromatic rings. The minimum absolute atomic E-state index is 0.0490. The van der Waals surface area contributed by atoms with Crippen molar-refractivity contribution in [1.29, 1.82) is 5.26 Å². The van der Waals surface area contributed by atoms with E-state index in [-0.39, 0.29) is 12.8 Å². The van der Waals surface area contributed by atoms with Gasteiger partial charge in [0.2, 0.25) is 0 Å². The zero-order valence-corrected chi connectivity index (χ0v) is 13.8. The fourth-order valence-electron chi connectivity index (χ4n) is 2.24. The average Bonchev–Trinajstić information content (AvgIpc) is 2.65. The summed E-state index contributed by atoms with van der Waals surface area (Å²) in [5, 5.41) is 8.82. The number of carbonyl (C=O) groups is 2. The summed E-state index contributed by atoms with van der Waals surface area (Å²) in [5.41, 5.74) is 7.82. The third-order valence-corrected chi connectivity index (χ3v) is 3.64. The van der Waals surface area contributed by atoms with Gasteiger partial charge in [-0.05, 0) is 35.4 Å². The van der Waals surface area contributed by atoms with Crippen LogP contribution in [-0.4, -0.2) is 25.1 Å². The van der Waals surface area contributed by atoms with Gasteiger partial charge in [0.05, 0.1) is 18.7 Å². The highest BCUT2D eigenvalue weighted by Gasteiger charge is 2.19. The zero-order valence-electron chi connectivity index (χ0n) is 13.8. The van der Waals surface area contributed by atoms with Gasteiger partial charge in [-0.1, -0.05) is 24.3 Å². The molecule has 1 amide bonds. The maximum atomic E-state index is 11.5. The molecular weight excluding hydrogens is 320 g/mol. The van der Waals surface area contributed by atoms with Crippen LogP contribution >= 0.6 is 0 Å². The number of hydrogen-bond donors (Lipinski definition) is 1. The normalized spacial score (nSPS) is 11.2. The summed E-state index contributed by atoms with van der Waals surface area (Å²) in [6, 6.07) is 16.4. The molecule has 0 aliphatic rings. The first-order chi connectivity index (χ1) is 12.0. The van der Waals surface area contributed by atoms with Crippen LogP contribution in [0.3, 0.4) is 0 Å². The number of esters is 1. The SMILES string of the molecule is COC(=O)CCC(Oc1ccc(-c2ccc(C#N)cc2)cc1)C(N)=O. The molecule has 0 aliphatic heterocycles. The van der Waals surface area contributed by atoms with Crippen molar-refractivity contribution < 1.29 is 19.1 Å². The Balaban J connectivity index is 2.05. The Bertz CT molecular complexity index is 777. The summed E-state index contributed by atoms with van der Waals surface area (Å²) < 4.78 is 10.1. The number of hydrogen-bond acceptors (Lipinski definition) is 5. The Morgan fingerprint density at radius 2 is 1.64 bits per heavy atom. The summed E-state index contributed by atoms with van der Waals surface area (Å²) in [5.74, 6) is -0.586. The van der Waals surface area contributed by atoms with Gasteiger partial charge in [-0.3, -0.25) is 9.59 Å². The van der Waals surface area contributed by atoms with E-state index in [9.17, 15) is 9.59 Å². The number of ether oxygens (including phenoxy) is 2. The van der Waals surface area contributed by atoms with Crippen molar-refractivity contribution in [3.8, 4) is 22.9 Å². The van der Waals surface area contributed by atoms with Crippen molar-refractivity contribution >= 4 is 11.9 Å². The lowest BCUT2D eigenvalue weighted by molar-refractivity contribution is -0.141. The smallest absolute Gasteiger partial charge is 0.305 e. The molecule has 0 aromatic heterocycles. The quantitative estimate of drug-likeness (QED) is 0.781. The average molecular weight is 338 g/mol. The van der Waals surface area contributed by atoms with E-state index in [1.807, 2.05) is 24.3 Å². The fraction of sp³-hybridized carbons (Fsp3) is 0.211. The summed E-state index contributed by atoms with van der Waals surface area (Å²) in [7, 11) is 1.28. The van der Waals surface area contributed by atoms with E-state index in [0.717, 1.165) is 11.1 Å². The number of methoxy groups -OCH3 is 1. The van der Waals surface area contributed by atoms with E-state index >= 15 is 0 Å². The molecule has 0 saturated carbocycles. The van der Waals surface area contributed by atoms with E-state index in [1.54, 1.807) is 24.3 Å². The second-order valence-electron chi connectivity index (χ2n) is 5.34. The molecule has 0 heterocycles. The number of benzene rings is 2. The third-order valence-electron chi connectivity index (χ3n) is 3.64. The standard InChI is InChI=1S/C19H18N2O4/c1-24-18(22)11-10-17(19(21)23)25-16-8-6-15(7-9-16)14-4-2-13(12-20)3-5-14/h2-9,17H,10-11H2,1H3,(H2,21,23). The number of nitrogens with two attached hydrogens (primary N) is 1. The van der Waals surface area contributed by atoms with E-state index in [0.29, 0.717) is 11.3 Å². The van der Waals surface area contributed by atoms with Crippen LogP contribution in [0.15, 0.2) is 48.5 Å². The van der Waals surface area contributed by atoms with Crippen LogP contribution in [0, 0.1) is 11.3 Å². The lowest BCUT2D eigenvalue weighted by Gasteiger charge is -2.15. The van der Waals surface area contributed by atoms with Crippen LogP contribution < -0.4 is 10.5 Å². The monoisotopic (exact) mass is 338 g/mol. The number of nitrogens with zero attached hydrogens (tertiary/aromatic N) is 1. The molecule has 0 fully saturated rings. The molecule has 0 bridgehead atoms. The van der Waals surface area contributed by atoms with E-state index in [2.05, 4.69) is 10.8 Å². The van der Waals surface area contributed by atoms with Crippen LogP contribution in [0.5, 0.6) is 5.75 Å². The molecule has 2 N–H and O–H groups in total. The molecule has 1 atom stereocenters. The van der Waals surface area contributed by atoms with Gasteiger partial charge in [-0.15, -0.1) is 0 Å². The fourth-order valence-corrected chi connectivity index (χ4v) is 2.24. The Morgan fingerprint density at radius 1 is 1.08 bits per heavy atom. The lowest BCUT2D eigenvalue weighted by atomic mass is 10.0. The van der Waals surface area contributed by atoms with E-state index < -0.39 is 18.0 Å². The van der Waals surface area contributed by atoms with Crippen LogP contribution in [0.2, 0.25) is 0 Å². The maximum absolute atomic E-state index is 11.5. The van der Waals surface area contributed by atoms with Crippen LogP contribution in [0.25, 0.3) is 11.1 Å². The van der Waals surface area contributed by atoms with Gasteiger partial charge in [0.1, 0.15) is 5.75 Å². The largest absolute Gasteiger partial charge is 0.481 e. The number of carbonyl (C=O) groups excluding carboxylic acids is 2. The minimum atomic E-state index is -0.903. The zero-order chi connectivity index (χ0) is 18.2. The number of rotatable bonds is 7. The minimum Gasteiger partial charge on any atom is -0.481 e. The van der Waals surface area contributed by atoms with Gasteiger partial charge in [-0.2, -0.15) is 5.26 Å². The molecule has 0 spiro atoms. The number of primary amides is 1. The maximum Gasteiger partial charge on any atom is 0.305 e. The van der Waals surface area contributed by atoms with Crippen molar-refractivity contribution in [2.75, 3.05) is 7.11 Å². The van der Waals surface area contributed by atoms with Gasteiger partial charge in [0.15, 0.2) is 6.10 Å². The predicted molar refractivity (Wildman–Crippen MR) is 91.5 cm³/mol. The molecule has 0 radical (unpaired) electrons. The summed E-state index contributed by atoms with van der Waals surface area (Å²) in [4.78, 5) is 22.7. The van der Waals surface area contributed by atoms with Crippen LogP contribution in [0.1, 0.15) is 18.4 Å². The first kappa shape index (κ1) is 18.0. The first-order valence-corrected chi connectivity index (χ1v) is 7.67. The van der Waals surface area contributed by atoms with Gasteiger partial charge < -0.3 is 15.2 Å². The first-order valence-electron chi connectivity index (χ1n) is 7.67. The van der Waals surface area contributed by atoms with E-state index in [1.165, 1.54) is 7.11 Å². The van der Waals surface area contributed by atoms with E-state index in [4.69, 9.17) is 15.7 Å². The van der Waals surface area contributed by atoms with Crippen LogP contribution in [-0.2, 0) is 14.3 Å². The van der Waals surface area contributed by atoms with Gasteiger partial charge in [0.25, 0.3) is 5.91 Å². The highest BCUT2D eigenvalue weighted by atomic mass is 16.5. The lowest BCUT2D eigenvalue weighted by Crippen LogP contribution is -2.34. The highest BCUT2D eigenvalue weighted by molar-refractivity contribution is 5.80. The van der Waals surface area contributed by atoms with Crippen LogP contribution in [0.4, 0.5) is 0 Å². The molecule has 6 nitrogen and oxygen atoms in total. The van der Waals surface area contributed by atoms with Gasteiger partial charge in [-0.25, -0.2) is 0 Å². The predicted octanol–water partition coefficient (Wildman–Crippen LogP) is 2.41. The molecule has 2 rings (SSSR count). The Kier molecular flexibility index (Phi) is 6.13. The molecule has 1 unspecified atom stereocenters. The summed E-state index contributed by atoms with van der Waals surface area (Å²) >= 11 is 0. The highest BCUT2D eigenvalue weighted by Crippen LogP contribution is 2.23. The van der Waals surface area contributed by atoms with Crippen molar-refractivity contribution in [2.45, 2.75) is 18.9 Å². The Hall–Kier alpha value is -3.33. The summed E-state index contributed by atoms with van der Waals surface area (Å²) in [6.45, 7) is 0. The second-order valence-corrected chi connectivity index (χ2v) is 5.34. The van der Waals surface area contributed by atoms with Crippen molar-refractivity contribution in [2.24, 2.45) is 5.73 Å².